The van der Waals surface area contributed by atoms with Gasteiger partial charge in [-0.15, -0.1) is 0 Å². The predicted octanol–water partition coefficient (Wildman–Crippen LogP) is 7.50. The summed E-state index contributed by atoms with van der Waals surface area (Å²) in [5, 5.41) is 12.2. The number of rotatable bonds is 5. The number of aliphatic carboxylic acids is 1. The quantitative estimate of drug-likeness (QED) is 0.292. The predicted molar refractivity (Wildman–Crippen MR) is 152 cm³/mol. The molecule has 38 heavy (non-hydrogen) atoms. The average molecular weight is 528 g/mol. The summed E-state index contributed by atoms with van der Waals surface area (Å²) in [6.45, 7) is 6.53. The fourth-order valence-corrected chi connectivity index (χ4v) is 5.34. The smallest absolute Gasteiger partial charge is 0.306 e. The van der Waals surface area contributed by atoms with E-state index in [9.17, 15) is 14.7 Å². The summed E-state index contributed by atoms with van der Waals surface area (Å²) >= 11 is 6.49. The highest BCUT2D eigenvalue weighted by Gasteiger charge is 2.39. The van der Waals surface area contributed by atoms with Crippen LogP contribution in [0, 0.1) is 5.41 Å². The third kappa shape index (κ3) is 5.17. The zero-order valence-electron chi connectivity index (χ0n) is 21.6. The summed E-state index contributed by atoms with van der Waals surface area (Å²) in [4.78, 5) is 27.3. The number of carboxylic acid groups (broad SMARTS) is 1. The van der Waals surface area contributed by atoms with Crippen LogP contribution in [-0.4, -0.2) is 29.6 Å². The highest BCUT2D eigenvalue weighted by atomic mass is 35.5. The molecule has 0 bridgehead atoms. The van der Waals surface area contributed by atoms with Crippen LogP contribution in [0.3, 0.4) is 0 Å². The molecule has 1 N–H and O–H groups in total. The zero-order valence-corrected chi connectivity index (χ0v) is 22.4. The lowest BCUT2D eigenvalue weighted by atomic mass is 9.90. The van der Waals surface area contributed by atoms with Crippen molar-refractivity contribution in [3.8, 4) is 11.1 Å². The van der Waals surface area contributed by atoms with Crippen LogP contribution in [0.2, 0.25) is 5.02 Å². The monoisotopic (exact) mass is 527 g/mol. The minimum absolute atomic E-state index is 0.232. The Kier molecular flexibility index (Phi) is 6.99. The molecule has 4 aromatic rings. The Morgan fingerprint density at radius 3 is 2.29 bits per heavy atom. The molecule has 0 fully saturated rings. The molecule has 0 aliphatic carbocycles. The van der Waals surface area contributed by atoms with E-state index < -0.39 is 24.6 Å². The normalized spacial score (nSPS) is 17.8. The minimum atomic E-state index is -1.15. The van der Waals surface area contributed by atoms with Gasteiger partial charge in [-0.1, -0.05) is 99.1 Å². The van der Waals surface area contributed by atoms with Gasteiger partial charge < -0.3 is 14.7 Å². The molecule has 4 aromatic carbocycles. The number of fused-ring (bicyclic) bond motifs is 2. The molecule has 1 amide bonds. The molecule has 6 heteroatoms. The van der Waals surface area contributed by atoms with Crippen molar-refractivity contribution in [3.63, 3.8) is 0 Å². The average Bonchev–Trinajstić information content (AvgIpc) is 2.98. The Balaban J connectivity index is 1.74. The van der Waals surface area contributed by atoms with Crippen molar-refractivity contribution in [1.82, 2.24) is 0 Å². The van der Waals surface area contributed by atoms with Gasteiger partial charge in [0, 0.05) is 22.8 Å². The summed E-state index contributed by atoms with van der Waals surface area (Å²) in [6.07, 6.45) is -2.28. The van der Waals surface area contributed by atoms with Crippen molar-refractivity contribution < 1.29 is 19.4 Å². The van der Waals surface area contributed by atoms with Crippen molar-refractivity contribution in [2.24, 2.45) is 5.41 Å². The Morgan fingerprint density at radius 2 is 1.61 bits per heavy atom. The van der Waals surface area contributed by atoms with Crippen molar-refractivity contribution in [2.75, 3.05) is 11.4 Å². The van der Waals surface area contributed by atoms with Crippen molar-refractivity contribution in [3.05, 3.63) is 101 Å². The highest BCUT2D eigenvalue weighted by Crippen LogP contribution is 2.44. The van der Waals surface area contributed by atoms with Gasteiger partial charge in [-0.3, -0.25) is 9.59 Å². The number of carboxylic acids is 1. The largest absolute Gasteiger partial charge is 0.481 e. The SMILES string of the molecule is CC(C)(C)CN1C(=O)[C@@H](CC(=O)O)O[C@H](c2ccc(-c3ccccc3)c3ccccc23)c2cc(Cl)ccc21. The van der Waals surface area contributed by atoms with Gasteiger partial charge in [-0.05, 0) is 51.1 Å². The van der Waals surface area contributed by atoms with Crippen molar-refractivity contribution in [1.29, 1.82) is 0 Å². The molecule has 2 atom stereocenters. The van der Waals surface area contributed by atoms with E-state index in [1.807, 2.05) is 75.4 Å². The summed E-state index contributed by atoms with van der Waals surface area (Å²) in [6, 6.07) is 27.7. The van der Waals surface area contributed by atoms with Gasteiger partial charge in [0.2, 0.25) is 0 Å². The first-order valence-electron chi connectivity index (χ1n) is 12.7. The molecule has 5 nitrogen and oxygen atoms in total. The first-order valence-corrected chi connectivity index (χ1v) is 13.1. The van der Waals surface area contributed by atoms with Crippen LogP contribution in [0.5, 0.6) is 0 Å². The topological polar surface area (TPSA) is 66.8 Å². The van der Waals surface area contributed by atoms with Crippen LogP contribution in [0.15, 0.2) is 84.9 Å². The van der Waals surface area contributed by atoms with Crippen LogP contribution in [-0.2, 0) is 14.3 Å². The van der Waals surface area contributed by atoms with Gasteiger partial charge >= 0.3 is 5.97 Å². The van der Waals surface area contributed by atoms with E-state index >= 15 is 0 Å². The van der Waals surface area contributed by atoms with Crippen LogP contribution in [0.4, 0.5) is 5.69 Å². The van der Waals surface area contributed by atoms with Crippen LogP contribution < -0.4 is 4.90 Å². The van der Waals surface area contributed by atoms with Crippen LogP contribution in [0.25, 0.3) is 21.9 Å². The number of nitrogens with zero attached hydrogens (tertiary/aromatic N) is 1. The van der Waals surface area contributed by atoms with E-state index in [-0.39, 0.29) is 11.3 Å². The molecule has 194 valence electrons. The van der Waals surface area contributed by atoms with E-state index in [0.29, 0.717) is 17.3 Å². The summed E-state index contributed by atoms with van der Waals surface area (Å²) < 4.78 is 6.47. The second-order valence-electron chi connectivity index (χ2n) is 10.9. The van der Waals surface area contributed by atoms with Gasteiger partial charge in [-0.25, -0.2) is 0 Å². The Hall–Kier alpha value is -3.67. The molecule has 0 saturated heterocycles. The van der Waals surface area contributed by atoms with Crippen LogP contribution in [0.1, 0.15) is 44.4 Å². The van der Waals surface area contributed by atoms with Gasteiger partial charge in [0.15, 0.2) is 0 Å². The number of carbonyl (C=O) groups excluding carboxylic acids is 1. The molecular formula is C32H30ClNO4. The molecule has 5 rings (SSSR count). The number of benzene rings is 4. The summed E-state index contributed by atoms with van der Waals surface area (Å²) in [5.41, 5.74) is 4.21. The van der Waals surface area contributed by atoms with Gasteiger partial charge in [0.25, 0.3) is 5.91 Å². The Morgan fingerprint density at radius 1 is 0.921 bits per heavy atom. The highest BCUT2D eigenvalue weighted by molar-refractivity contribution is 6.30. The van der Waals surface area contributed by atoms with E-state index in [1.165, 1.54) is 0 Å². The fourth-order valence-electron chi connectivity index (χ4n) is 5.16. The van der Waals surface area contributed by atoms with E-state index in [0.717, 1.165) is 33.0 Å². The van der Waals surface area contributed by atoms with Gasteiger partial charge in [0.05, 0.1) is 6.42 Å². The number of anilines is 1. The molecule has 1 heterocycles. The number of amides is 1. The fraction of sp³-hybridized carbons (Fsp3) is 0.250. The lowest BCUT2D eigenvalue weighted by Crippen LogP contribution is -2.44. The second kappa shape index (κ2) is 10.2. The number of halogens is 1. The van der Waals surface area contributed by atoms with Crippen LogP contribution >= 0.6 is 11.6 Å². The zero-order chi connectivity index (χ0) is 27.0. The maximum Gasteiger partial charge on any atom is 0.306 e. The third-order valence-electron chi connectivity index (χ3n) is 6.72. The Labute approximate surface area is 227 Å². The van der Waals surface area contributed by atoms with E-state index in [4.69, 9.17) is 16.3 Å². The molecule has 0 unspecified atom stereocenters. The molecule has 0 aromatic heterocycles. The van der Waals surface area contributed by atoms with Crippen molar-refractivity contribution >= 4 is 39.9 Å². The maximum atomic E-state index is 13.8. The minimum Gasteiger partial charge on any atom is -0.481 e. The van der Waals surface area contributed by atoms with Gasteiger partial charge in [0.1, 0.15) is 12.2 Å². The third-order valence-corrected chi connectivity index (χ3v) is 6.96. The van der Waals surface area contributed by atoms with Crippen molar-refractivity contribution in [2.45, 2.75) is 39.4 Å². The molecule has 0 radical (unpaired) electrons. The van der Waals surface area contributed by atoms with E-state index in [2.05, 4.69) is 24.3 Å². The van der Waals surface area contributed by atoms with E-state index in [1.54, 1.807) is 11.0 Å². The summed E-state index contributed by atoms with van der Waals surface area (Å²) in [7, 11) is 0. The lowest BCUT2D eigenvalue weighted by Gasteiger charge is -2.31. The summed E-state index contributed by atoms with van der Waals surface area (Å²) in [5.74, 6) is -1.45. The molecule has 1 aliphatic rings. The first-order chi connectivity index (χ1) is 18.1. The number of carbonyl (C=O) groups is 2. The lowest BCUT2D eigenvalue weighted by molar-refractivity contribution is -0.147. The number of hydrogen-bond acceptors (Lipinski definition) is 3. The standard InChI is InChI=1S/C32H30ClNO4/c1-32(2,3)19-34-27-16-13-21(33)17-26(27)30(38-28(31(34)37)18-29(35)36)25-15-14-22(20-9-5-4-6-10-20)23-11-7-8-12-24(23)25/h4-17,28,30H,18-19H2,1-3H3,(H,35,36)/t28-,30-/m1/s1. The maximum absolute atomic E-state index is 13.8. The van der Waals surface area contributed by atoms with Gasteiger partial charge in [-0.2, -0.15) is 0 Å². The Bertz CT molecular complexity index is 1510. The first kappa shape index (κ1) is 26.0. The molecular weight excluding hydrogens is 498 g/mol. The number of ether oxygens (including phenoxy) is 1. The number of hydrogen-bond donors (Lipinski definition) is 1. The molecule has 0 spiro atoms. The molecule has 1 aliphatic heterocycles. The molecule has 0 saturated carbocycles. The second-order valence-corrected chi connectivity index (χ2v) is 11.3.